The summed E-state index contributed by atoms with van der Waals surface area (Å²) in [5, 5.41) is 5.44. The van der Waals surface area contributed by atoms with Crippen molar-refractivity contribution in [1.29, 1.82) is 0 Å². The maximum absolute atomic E-state index is 11.8. The van der Waals surface area contributed by atoms with Crippen molar-refractivity contribution in [2.24, 2.45) is 16.5 Å². The normalized spacial score (nSPS) is 24.8. The molecular weight excluding hydrogens is 278 g/mol. The number of nitrogens with two attached hydrogens (primary N) is 1. The second kappa shape index (κ2) is 4.79. The van der Waals surface area contributed by atoms with Crippen LogP contribution in [0.1, 0.15) is 25.3 Å². The van der Waals surface area contributed by atoms with Gasteiger partial charge in [-0.3, -0.25) is 18.9 Å². The molecule has 110 valence electrons. The smallest absolute Gasteiger partial charge is 0.309 e. The number of rotatable bonds is 4. The molecule has 0 heterocycles. The van der Waals surface area contributed by atoms with Crippen molar-refractivity contribution in [3.63, 3.8) is 0 Å². The maximum Gasteiger partial charge on any atom is 0.309 e. The molecule has 5 nitrogen and oxygen atoms in total. The number of hydrogen-bond donors (Lipinski definition) is 2. The van der Waals surface area contributed by atoms with Gasteiger partial charge < -0.3 is 4.74 Å². The highest BCUT2D eigenvalue weighted by Gasteiger charge is 2.63. The lowest BCUT2D eigenvalue weighted by Crippen LogP contribution is -2.24. The van der Waals surface area contributed by atoms with Crippen molar-refractivity contribution in [3.8, 4) is 0 Å². The van der Waals surface area contributed by atoms with Gasteiger partial charge in [0.25, 0.3) is 0 Å². The first-order chi connectivity index (χ1) is 9.25. The molecule has 0 spiro atoms. The number of benzene rings is 1. The standard InChI is InChI=1S/C14H19NO4S/c1-14(2)11(12(14)13(17)19-3)9-4-6-10(7-5-9)20(15,18)8-16/h4-8,11-12,20H,1-3H3,(H2,15,18)/t11-,12+/m1/s1. The Morgan fingerprint density at radius 2 is 1.90 bits per heavy atom. The van der Waals surface area contributed by atoms with Gasteiger partial charge in [0.2, 0.25) is 0 Å². The highest BCUT2D eigenvalue weighted by Crippen LogP contribution is 2.64. The van der Waals surface area contributed by atoms with E-state index in [0.717, 1.165) is 5.56 Å². The zero-order valence-corrected chi connectivity index (χ0v) is 12.6. The first-order valence-corrected chi connectivity index (χ1v) is 8.13. The summed E-state index contributed by atoms with van der Waals surface area (Å²) in [7, 11) is -2.02. The lowest BCUT2D eigenvalue weighted by molar-refractivity contribution is -0.143. The van der Waals surface area contributed by atoms with Gasteiger partial charge in [0, 0.05) is 20.9 Å². The van der Waals surface area contributed by atoms with Gasteiger partial charge in [-0.05, 0) is 23.1 Å². The van der Waals surface area contributed by atoms with Crippen molar-refractivity contribution in [3.05, 3.63) is 29.8 Å². The van der Waals surface area contributed by atoms with Gasteiger partial charge in [0.1, 0.15) is 0 Å². The Balaban J connectivity index is 2.27. The first kappa shape index (κ1) is 14.9. The van der Waals surface area contributed by atoms with Gasteiger partial charge in [-0.25, -0.2) is 0 Å². The molecule has 2 N–H and O–H groups in total. The Morgan fingerprint density at radius 3 is 2.35 bits per heavy atom. The summed E-state index contributed by atoms with van der Waals surface area (Å²) in [5.41, 5.74) is 1.09. The van der Waals surface area contributed by atoms with Crippen LogP contribution in [0.4, 0.5) is 0 Å². The van der Waals surface area contributed by atoms with Crippen molar-refractivity contribution < 1.29 is 18.5 Å². The molecule has 0 bridgehead atoms. The van der Waals surface area contributed by atoms with Crippen LogP contribution in [0.2, 0.25) is 0 Å². The van der Waals surface area contributed by atoms with Crippen LogP contribution in [0.25, 0.3) is 0 Å². The molecule has 2 rings (SSSR count). The molecule has 2 atom stereocenters. The van der Waals surface area contributed by atoms with Crippen LogP contribution in [0.5, 0.6) is 0 Å². The molecule has 0 saturated heterocycles. The van der Waals surface area contributed by atoms with Crippen LogP contribution < -0.4 is 5.14 Å². The Labute approximate surface area is 119 Å². The lowest BCUT2D eigenvalue weighted by Gasteiger charge is -2.12. The van der Waals surface area contributed by atoms with E-state index in [1.54, 1.807) is 24.3 Å². The molecule has 1 aliphatic rings. The number of carbonyl (C=O) groups excluding carboxylic acids is 2. The summed E-state index contributed by atoms with van der Waals surface area (Å²) in [6, 6.07) is 6.72. The van der Waals surface area contributed by atoms with Crippen molar-refractivity contribution in [2.75, 3.05) is 7.11 Å². The average Bonchev–Trinajstić information content (AvgIpc) is 3.00. The Kier molecular flexibility index (Phi) is 3.56. The van der Waals surface area contributed by atoms with Gasteiger partial charge in [-0.1, -0.05) is 26.0 Å². The number of thiol groups is 1. The highest BCUT2D eigenvalue weighted by molar-refractivity contribution is 8.13. The van der Waals surface area contributed by atoms with E-state index in [0.29, 0.717) is 10.5 Å². The summed E-state index contributed by atoms with van der Waals surface area (Å²) < 4.78 is 16.6. The van der Waals surface area contributed by atoms with Gasteiger partial charge >= 0.3 is 5.97 Å². The molecule has 1 aromatic rings. The van der Waals surface area contributed by atoms with Crippen molar-refractivity contribution in [1.82, 2.24) is 0 Å². The SMILES string of the molecule is COC(=O)[C@@H]1[C@@H](c2ccc([SH](N)(=O)C=O)cc2)C1(C)C. The van der Waals surface area contributed by atoms with Crippen LogP contribution in [0.3, 0.4) is 0 Å². The summed E-state index contributed by atoms with van der Waals surface area (Å²) in [6.45, 7) is 4.01. The van der Waals surface area contributed by atoms with Gasteiger partial charge in [0.05, 0.1) is 13.0 Å². The maximum atomic E-state index is 11.8. The fourth-order valence-electron chi connectivity index (χ4n) is 2.80. The molecule has 0 aromatic heterocycles. The molecule has 1 aromatic carbocycles. The monoisotopic (exact) mass is 297 g/mol. The minimum absolute atomic E-state index is 0.0670. The van der Waals surface area contributed by atoms with E-state index >= 15 is 0 Å². The van der Waals surface area contributed by atoms with Crippen molar-refractivity contribution in [2.45, 2.75) is 24.7 Å². The number of hydrogen-bond acceptors (Lipinski definition) is 4. The Bertz CT molecular complexity index is 594. The van der Waals surface area contributed by atoms with Crippen LogP contribution in [0.15, 0.2) is 29.2 Å². The van der Waals surface area contributed by atoms with Crippen LogP contribution in [-0.2, 0) is 24.4 Å². The summed E-state index contributed by atoms with van der Waals surface area (Å²) in [5.74, 6) is -0.326. The zero-order valence-electron chi connectivity index (χ0n) is 11.7. The fourth-order valence-corrected chi connectivity index (χ4v) is 3.54. The van der Waals surface area contributed by atoms with E-state index in [1.165, 1.54) is 7.11 Å². The molecule has 20 heavy (non-hydrogen) atoms. The molecule has 0 amide bonds. The zero-order chi connectivity index (χ0) is 15.1. The highest BCUT2D eigenvalue weighted by atomic mass is 32.3. The minimum Gasteiger partial charge on any atom is -0.469 e. The largest absolute Gasteiger partial charge is 0.469 e. The van der Waals surface area contributed by atoms with E-state index in [-0.39, 0.29) is 23.2 Å². The molecule has 6 heteroatoms. The Hall–Kier alpha value is -1.53. The predicted molar refractivity (Wildman–Crippen MR) is 77.2 cm³/mol. The number of ether oxygens (including phenoxy) is 1. The van der Waals surface area contributed by atoms with E-state index in [1.807, 2.05) is 13.8 Å². The topological polar surface area (TPSA) is 86.5 Å². The molecule has 1 aliphatic carbocycles. The Morgan fingerprint density at radius 1 is 1.35 bits per heavy atom. The van der Waals surface area contributed by atoms with E-state index < -0.39 is 10.1 Å². The minimum atomic E-state index is -3.40. The third-order valence-corrected chi connectivity index (χ3v) is 5.51. The van der Waals surface area contributed by atoms with Crippen molar-refractivity contribution >= 4 is 21.7 Å². The molecule has 0 unspecified atom stereocenters. The number of methoxy groups -OCH3 is 1. The number of carbonyl (C=O) groups is 2. The average molecular weight is 297 g/mol. The molecule has 0 aliphatic heterocycles. The summed E-state index contributed by atoms with van der Waals surface area (Å²) in [6.07, 6.45) is 0. The van der Waals surface area contributed by atoms with Gasteiger partial charge in [-0.15, -0.1) is 0 Å². The van der Waals surface area contributed by atoms with Crippen LogP contribution in [-0.4, -0.2) is 22.9 Å². The van der Waals surface area contributed by atoms with E-state index in [9.17, 15) is 13.8 Å². The molecule has 1 saturated carbocycles. The third-order valence-electron chi connectivity index (χ3n) is 4.09. The summed E-state index contributed by atoms with van der Waals surface area (Å²) in [4.78, 5) is 22.7. The molecule has 0 radical (unpaired) electrons. The summed E-state index contributed by atoms with van der Waals surface area (Å²) >= 11 is 0. The lowest BCUT2D eigenvalue weighted by atomic mass is 10.0. The van der Waals surface area contributed by atoms with E-state index in [4.69, 9.17) is 9.88 Å². The molecule has 1 fully saturated rings. The third kappa shape index (κ3) is 2.29. The first-order valence-electron chi connectivity index (χ1n) is 6.28. The predicted octanol–water partition coefficient (Wildman–Crippen LogP) is 1.04. The second-order valence-electron chi connectivity index (χ2n) is 5.71. The second-order valence-corrected chi connectivity index (χ2v) is 7.85. The van der Waals surface area contributed by atoms with Crippen LogP contribution in [0, 0.1) is 11.3 Å². The number of esters is 1. The van der Waals surface area contributed by atoms with E-state index in [2.05, 4.69) is 0 Å². The fraction of sp³-hybridized carbons (Fsp3) is 0.429. The van der Waals surface area contributed by atoms with Crippen LogP contribution >= 0.6 is 0 Å². The molecular formula is C14H19NO4S. The van der Waals surface area contributed by atoms with Gasteiger partial charge in [-0.2, -0.15) is 0 Å². The van der Waals surface area contributed by atoms with Gasteiger partial charge in [0.15, 0.2) is 5.62 Å². The quantitative estimate of drug-likeness (QED) is 0.494.